The number of thioether (sulfide) groups is 1. The Morgan fingerprint density at radius 2 is 2.00 bits per heavy atom. The van der Waals surface area contributed by atoms with Crippen molar-refractivity contribution in [3.8, 4) is 0 Å². The lowest BCUT2D eigenvalue weighted by molar-refractivity contribution is -0.122. The summed E-state index contributed by atoms with van der Waals surface area (Å²) in [6.45, 7) is 5.81. The number of rotatable bonds is 3. The van der Waals surface area contributed by atoms with Gasteiger partial charge in [-0.15, -0.1) is 0 Å². The monoisotopic (exact) mass is 259 g/mol. The van der Waals surface area contributed by atoms with Crippen LogP contribution in [0.1, 0.15) is 12.5 Å². The van der Waals surface area contributed by atoms with E-state index in [0.717, 1.165) is 22.9 Å². The number of nitrogens with zero attached hydrogens (tertiary/aromatic N) is 1. The number of amides is 2. The van der Waals surface area contributed by atoms with Crippen molar-refractivity contribution >= 4 is 29.0 Å². The topological polar surface area (TPSA) is 37.4 Å². The Hall–Kier alpha value is -1.81. The maximum Gasteiger partial charge on any atom is 0.293 e. The zero-order valence-electron chi connectivity index (χ0n) is 10.1. The first-order chi connectivity index (χ1) is 8.58. The van der Waals surface area contributed by atoms with E-state index in [9.17, 15) is 9.59 Å². The van der Waals surface area contributed by atoms with Gasteiger partial charge in [0.05, 0.1) is 11.4 Å². The standard InChI is InChI=1S/C14H13NO2S/c1-10(2)9-15-13(16)12(18-14(15)17)8-11-6-4-3-5-7-11/h3-8H,1,9H2,2H3/b12-8-. The first-order valence-corrected chi connectivity index (χ1v) is 6.34. The van der Waals surface area contributed by atoms with Gasteiger partial charge in [0.2, 0.25) is 0 Å². The molecule has 1 aliphatic rings. The van der Waals surface area contributed by atoms with Crippen LogP contribution < -0.4 is 0 Å². The average molecular weight is 259 g/mol. The van der Waals surface area contributed by atoms with E-state index in [1.807, 2.05) is 30.3 Å². The molecular weight excluding hydrogens is 246 g/mol. The maximum atomic E-state index is 12.0. The molecule has 1 fully saturated rings. The fourth-order valence-electron chi connectivity index (χ4n) is 1.61. The van der Waals surface area contributed by atoms with Crippen molar-refractivity contribution in [3.63, 3.8) is 0 Å². The molecule has 0 bridgehead atoms. The van der Waals surface area contributed by atoms with Crippen LogP contribution in [0.2, 0.25) is 0 Å². The molecule has 2 rings (SSSR count). The molecule has 4 heteroatoms. The van der Waals surface area contributed by atoms with Crippen molar-refractivity contribution < 1.29 is 9.59 Å². The Balaban J connectivity index is 2.23. The summed E-state index contributed by atoms with van der Waals surface area (Å²) < 4.78 is 0. The Kier molecular flexibility index (Phi) is 3.67. The number of benzene rings is 1. The molecule has 1 heterocycles. The summed E-state index contributed by atoms with van der Waals surface area (Å²) >= 11 is 0.976. The summed E-state index contributed by atoms with van der Waals surface area (Å²) in [5.41, 5.74) is 1.71. The lowest BCUT2D eigenvalue weighted by atomic mass is 10.2. The van der Waals surface area contributed by atoms with Crippen LogP contribution in [-0.4, -0.2) is 22.6 Å². The minimum Gasteiger partial charge on any atom is -0.268 e. The summed E-state index contributed by atoms with van der Waals surface area (Å²) in [4.78, 5) is 25.4. The van der Waals surface area contributed by atoms with Crippen molar-refractivity contribution in [2.75, 3.05) is 6.54 Å². The van der Waals surface area contributed by atoms with Crippen molar-refractivity contribution in [3.05, 3.63) is 53.0 Å². The summed E-state index contributed by atoms with van der Waals surface area (Å²) in [7, 11) is 0. The van der Waals surface area contributed by atoms with Crippen molar-refractivity contribution in [1.82, 2.24) is 4.90 Å². The molecule has 0 aromatic heterocycles. The Bertz CT molecular complexity index is 534. The molecule has 0 saturated carbocycles. The summed E-state index contributed by atoms with van der Waals surface area (Å²) in [6, 6.07) is 9.48. The second-order valence-electron chi connectivity index (χ2n) is 4.14. The van der Waals surface area contributed by atoms with E-state index in [0.29, 0.717) is 4.91 Å². The van der Waals surface area contributed by atoms with Gasteiger partial charge in [0, 0.05) is 0 Å². The predicted octanol–water partition coefficient (Wildman–Crippen LogP) is 3.30. The fraction of sp³-hybridized carbons (Fsp3) is 0.143. The molecule has 0 atom stereocenters. The van der Waals surface area contributed by atoms with Gasteiger partial charge in [0.15, 0.2) is 0 Å². The SMILES string of the molecule is C=C(C)CN1C(=O)S/C(=C\c2ccccc2)C1=O. The number of imide groups is 1. The van der Waals surface area contributed by atoms with E-state index in [1.54, 1.807) is 13.0 Å². The molecule has 2 amide bonds. The Labute approximate surface area is 110 Å². The highest BCUT2D eigenvalue weighted by atomic mass is 32.2. The lowest BCUT2D eigenvalue weighted by Crippen LogP contribution is -2.29. The second-order valence-corrected chi connectivity index (χ2v) is 5.13. The van der Waals surface area contributed by atoms with E-state index in [-0.39, 0.29) is 17.7 Å². The molecule has 1 aromatic rings. The van der Waals surface area contributed by atoms with Gasteiger partial charge in [-0.3, -0.25) is 14.5 Å². The molecule has 1 aromatic carbocycles. The molecule has 18 heavy (non-hydrogen) atoms. The highest BCUT2D eigenvalue weighted by Crippen LogP contribution is 2.32. The van der Waals surface area contributed by atoms with Gasteiger partial charge in [-0.2, -0.15) is 0 Å². The molecular formula is C14H13NO2S. The maximum absolute atomic E-state index is 12.0. The zero-order valence-corrected chi connectivity index (χ0v) is 10.9. The van der Waals surface area contributed by atoms with Crippen LogP contribution >= 0.6 is 11.8 Å². The van der Waals surface area contributed by atoms with Gasteiger partial charge in [0.25, 0.3) is 11.1 Å². The summed E-state index contributed by atoms with van der Waals surface area (Å²) in [5, 5.41) is -0.231. The smallest absolute Gasteiger partial charge is 0.268 e. The minimum absolute atomic E-state index is 0.231. The molecule has 92 valence electrons. The summed E-state index contributed by atoms with van der Waals surface area (Å²) in [5.74, 6) is -0.239. The second kappa shape index (κ2) is 5.23. The van der Waals surface area contributed by atoms with E-state index in [4.69, 9.17) is 0 Å². The largest absolute Gasteiger partial charge is 0.293 e. The van der Waals surface area contributed by atoms with Crippen molar-refractivity contribution in [1.29, 1.82) is 0 Å². The third kappa shape index (κ3) is 2.71. The van der Waals surface area contributed by atoms with Crippen LogP contribution in [0.3, 0.4) is 0 Å². The van der Waals surface area contributed by atoms with Crippen molar-refractivity contribution in [2.45, 2.75) is 6.92 Å². The Morgan fingerprint density at radius 1 is 1.33 bits per heavy atom. The molecule has 3 nitrogen and oxygen atoms in total. The van der Waals surface area contributed by atoms with Gasteiger partial charge < -0.3 is 0 Å². The van der Waals surface area contributed by atoms with Gasteiger partial charge >= 0.3 is 0 Å². The van der Waals surface area contributed by atoms with Crippen LogP contribution in [0, 0.1) is 0 Å². The minimum atomic E-state index is -0.239. The Morgan fingerprint density at radius 3 is 2.61 bits per heavy atom. The van der Waals surface area contributed by atoms with Gasteiger partial charge in [0.1, 0.15) is 0 Å². The predicted molar refractivity (Wildman–Crippen MR) is 73.9 cm³/mol. The molecule has 0 aliphatic carbocycles. The number of carbonyl (C=O) groups is 2. The van der Waals surface area contributed by atoms with E-state index in [1.165, 1.54) is 4.90 Å². The van der Waals surface area contributed by atoms with Crippen LogP contribution in [0.25, 0.3) is 6.08 Å². The highest BCUT2D eigenvalue weighted by molar-refractivity contribution is 8.18. The summed E-state index contributed by atoms with van der Waals surface area (Å²) in [6.07, 6.45) is 1.74. The van der Waals surface area contributed by atoms with E-state index in [2.05, 4.69) is 6.58 Å². The molecule has 0 radical (unpaired) electrons. The van der Waals surface area contributed by atoms with Crippen LogP contribution in [-0.2, 0) is 4.79 Å². The van der Waals surface area contributed by atoms with E-state index < -0.39 is 0 Å². The number of carbonyl (C=O) groups excluding carboxylic acids is 2. The van der Waals surface area contributed by atoms with Crippen LogP contribution in [0.15, 0.2) is 47.4 Å². The molecule has 0 spiro atoms. The molecule has 0 unspecified atom stereocenters. The normalized spacial score (nSPS) is 17.6. The molecule has 1 saturated heterocycles. The first kappa shape index (κ1) is 12.6. The fourth-order valence-corrected chi connectivity index (χ4v) is 2.45. The van der Waals surface area contributed by atoms with Crippen LogP contribution in [0.5, 0.6) is 0 Å². The number of hydrogen-bond donors (Lipinski definition) is 0. The zero-order chi connectivity index (χ0) is 13.1. The average Bonchev–Trinajstić information content (AvgIpc) is 2.58. The first-order valence-electron chi connectivity index (χ1n) is 5.53. The number of hydrogen-bond acceptors (Lipinski definition) is 3. The highest BCUT2D eigenvalue weighted by Gasteiger charge is 2.34. The van der Waals surface area contributed by atoms with Gasteiger partial charge in [-0.1, -0.05) is 42.5 Å². The van der Waals surface area contributed by atoms with Gasteiger partial charge in [-0.25, -0.2) is 0 Å². The van der Waals surface area contributed by atoms with E-state index >= 15 is 0 Å². The third-order valence-corrected chi connectivity index (χ3v) is 3.31. The third-order valence-electron chi connectivity index (χ3n) is 2.40. The molecule has 0 N–H and O–H groups in total. The van der Waals surface area contributed by atoms with Crippen molar-refractivity contribution in [2.24, 2.45) is 0 Å². The lowest BCUT2D eigenvalue weighted by Gasteiger charge is -2.11. The van der Waals surface area contributed by atoms with Crippen LogP contribution in [0.4, 0.5) is 4.79 Å². The van der Waals surface area contributed by atoms with Gasteiger partial charge in [-0.05, 0) is 30.3 Å². The molecule has 1 aliphatic heterocycles. The quantitative estimate of drug-likeness (QED) is 0.617.